The first kappa shape index (κ1) is 23.1. The van der Waals surface area contributed by atoms with E-state index in [9.17, 15) is 13.7 Å². The molecule has 2 aromatic carbocycles. The third-order valence-corrected chi connectivity index (χ3v) is 8.10. The lowest BCUT2D eigenvalue weighted by atomic mass is 10.1. The van der Waals surface area contributed by atoms with Crippen LogP contribution in [0.15, 0.2) is 76.0 Å². The minimum absolute atomic E-state index is 0.186. The van der Waals surface area contributed by atoms with Gasteiger partial charge in [-0.3, -0.25) is 0 Å². The molecule has 8 nitrogen and oxygen atoms in total. The van der Waals surface area contributed by atoms with E-state index in [4.69, 9.17) is 14.2 Å². The number of H-pyrrole nitrogens is 1. The van der Waals surface area contributed by atoms with E-state index in [1.807, 2.05) is 18.2 Å². The molecule has 6 rings (SSSR count). The van der Waals surface area contributed by atoms with Crippen molar-refractivity contribution < 1.29 is 27.9 Å². The molecule has 0 saturated carbocycles. The Kier molecular flexibility index (Phi) is 5.76. The number of aromatic nitrogens is 2. The summed E-state index contributed by atoms with van der Waals surface area (Å²) >= 11 is 0. The number of hydrogen-bond donors (Lipinski definition) is 2. The van der Waals surface area contributed by atoms with E-state index in [0.717, 1.165) is 0 Å². The van der Waals surface area contributed by atoms with E-state index in [1.165, 1.54) is 6.07 Å². The Morgan fingerprint density at radius 3 is 2.61 bits per heavy atom. The second-order valence-electron chi connectivity index (χ2n) is 8.96. The van der Waals surface area contributed by atoms with Crippen LogP contribution in [0.1, 0.15) is 0 Å². The quantitative estimate of drug-likeness (QED) is 0.420. The maximum atomic E-state index is 15.0. The number of hydrogen-bond acceptors (Lipinski definition) is 7. The van der Waals surface area contributed by atoms with Crippen LogP contribution in [-0.2, 0) is 19.2 Å². The van der Waals surface area contributed by atoms with Crippen molar-refractivity contribution in [2.75, 3.05) is 19.5 Å². The van der Waals surface area contributed by atoms with Gasteiger partial charge in [-0.25, -0.2) is 13.6 Å². The van der Waals surface area contributed by atoms with Crippen LogP contribution in [-0.4, -0.2) is 63.2 Å². The summed E-state index contributed by atoms with van der Waals surface area (Å²) in [5, 5.41) is 9.91. The summed E-state index contributed by atoms with van der Waals surface area (Å²) in [6, 6.07) is 19.0. The zero-order valence-corrected chi connectivity index (χ0v) is 20.2. The van der Waals surface area contributed by atoms with Crippen LogP contribution in [0.5, 0.6) is 5.88 Å². The van der Waals surface area contributed by atoms with Crippen molar-refractivity contribution in [3.05, 3.63) is 72.5 Å². The molecule has 0 unspecified atom stereocenters. The van der Waals surface area contributed by atoms with Gasteiger partial charge in [0.1, 0.15) is 24.0 Å². The highest BCUT2D eigenvalue weighted by Crippen LogP contribution is 2.32. The first-order valence-corrected chi connectivity index (χ1v) is 13.4. The summed E-state index contributed by atoms with van der Waals surface area (Å²) in [5.74, 6) is -0.0725. The predicted octanol–water partition coefficient (Wildman–Crippen LogP) is 4.06. The van der Waals surface area contributed by atoms with Crippen molar-refractivity contribution in [2.45, 2.75) is 29.3 Å². The molecule has 0 radical (unpaired) electrons. The Bertz CT molecular complexity index is 1530. The van der Waals surface area contributed by atoms with E-state index in [2.05, 4.69) is 14.3 Å². The molecule has 2 saturated heterocycles. The molecule has 2 fully saturated rings. The summed E-state index contributed by atoms with van der Waals surface area (Å²) < 4.78 is 49.6. The molecule has 2 aliphatic heterocycles. The molecule has 36 heavy (non-hydrogen) atoms. The number of fused-ring (bicyclic) bond motifs is 2. The number of halogens is 1. The van der Waals surface area contributed by atoms with Gasteiger partial charge in [0, 0.05) is 28.8 Å². The fraction of sp³-hybridized carbons (Fsp3) is 0.269. The van der Waals surface area contributed by atoms with Gasteiger partial charge in [0.05, 0.1) is 39.7 Å². The number of nitrogens with one attached hydrogen (secondary N) is 1. The van der Waals surface area contributed by atoms with E-state index < -0.39 is 27.8 Å². The fourth-order valence-electron chi connectivity index (χ4n) is 4.59. The molecule has 5 atom stereocenters. The van der Waals surface area contributed by atoms with Crippen LogP contribution in [0, 0.1) is 5.82 Å². The number of aromatic amines is 1. The summed E-state index contributed by atoms with van der Waals surface area (Å²) in [6.07, 6.45) is -0.202. The standard InChI is InChI=1S/C26H24FN3O5S/c1-36(32,17-5-3-2-4-6-17)30-16-9-7-15(8-10-16)24-18(27)11-19-20(29-24)12-23(28-19)35-22-14-34-25-21(31)13-33-26(22)25/h2-12,21-22,25-26,28,31H,13-14H2,1H3/t21-,22-,25-,26-,36+/m1/s1. The van der Waals surface area contributed by atoms with Gasteiger partial charge in [-0.2, -0.15) is 4.36 Å². The highest BCUT2D eigenvalue weighted by atomic mass is 32.2. The Labute approximate surface area is 207 Å². The Hall–Kier alpha value is -3.31. The molecule has 0 bridgehead atoms. The SMILES string of the molecule is C[S@@](=O)(=Nc1ccc(-c2nc3cc(O[C@@H]4CO[C@H]5[C@@H]4OC[C@H]5O)[nH]c3cc2F)cc1)c1ccccc1. The van der Waals surface area contributed by atoms with Crippen LogP contribution >= 0.6 is 0 Å². The number of ether oxygens (including phenoxy) is 3. The Morgan fingerprint density at radius 1 is 1.08 bits per heavy atom. The van der Waals surface area contributed by atoms with E-state index in [0.29, 0.717) is 39.7 Å². The number of aliphatic hydroxyl groups excluding tert-OH is 1. The first-order valence-electron chi connectivity index (χ1n) is 11.5. The minimum Gasteiger partial charge on any atom is -0.470 e. The zero-order chi connectivity index (χ0) is 24.9. The normalized spacial score (nSPS) is 25.0. The summed E-state index contributed by atoms with van der Waals surface area (Å²) in [7, 11) is -2.61. The average molecular weight is 510 g/mol. The number of benzene rings is 2. The van der Waals surface area contributed by atoms with E-state index >= 15 is 0 Å². The van der Waals surface area contributed by atoms with Gasteiger partial charge in [0.15, 0.2) is 17.8 Å². The van der Waals surface area contributed by atoms with E-state index in [1.54, 1.807) is 48.7 Å². The lowest BCUT2D eigenvalue weighted by Crippen LogP contribution is -2.34. The third kappa shape index (κ3) is 4.26. The molecule has 186 valence electrons. The zero-order valence-electron chi connectivity index (χ0n) is 19.3. The lowest BCUT2D eigenvalue weighted by Gasteiger charge is -2.16. The monoisotopic (exact) mass is 509 g/mol. The lowest BCUT2D eigenvalue weighted by molar-refractivity contribution is 0.00794. The maximum absolute atomic E-state index is 15.0. The first-order chi connectivity index (χ1) is 17.4. The van der Waals surface area contributed by atoms with Crippen LogP contribution in [0.3, 0.4) is 0 Å². The second-order valence-corrected chi connectivity index (χ2v) is 11.2. The Morgan fingerprint density at radius 2 is 1.83 bits per heavy atom. The summed E-state index contributed by atoms with van der Waals surface area (Å²) in [4.78, 5) is 8.18. The molecule has 2 aliphatic rings. The molecule has 0 aliphatic carbocycles. The molecule has 2 aromatic heterocycles. The van der Waals surface area contributed by atoms with Crippen LogP contribution < -0.4 is 4.74 Å². The number of nitrogens with zero attached hydrogens (tertiary/aromatic N) is 2. The van der Waals surface area contributed by atoms with Gasteiger partial charge in [0.25, 0.3) is 0 Å². The van der Waals surface area contributed by atoms with Gasteiger partial charge in [0.2, 0.25) is 0 Å². The van der Waals surface area contributed by atoms with Gasteiger partial charge < -0.3 is 24.3 Å². The van der Waals surface area contributed by atoms with Crippen LogP contribution in [0.4, 0.5) is 10.1 Å². The topological polar surface area (TPSA) is 106 Å². The maximum Gasteiger partial charge on any atom is 0.193 e. The van der Waals surface area contributed by atoms with Crippen LogP contribution in [0.25, 0.3) is 22.3 Å². The number of rotatable bonds is 5. The third-order valence-electron chi connectivity index (χ3n) is 6.39. The van der Waals surface area contributed by atoms with Crippen molar-refractivity contribution in [3.63, 3.8) is 0 Å². The van der Waals surface area contributed by atoms with Crippen molar-refractivity contribution in [3.8, 4) is 17.1 Å². The van der Waals surface area contributed by atoms with Crippen molar-refractivity contribution in [1.82, 2.24) is 9.97 Å². The Balaban J connectivity index is 1.24. The molecular weight excluding hydrogens is 485 g/mol. The van der Waals surface area contributed by atoms with Crippen molar-refractivity contribution in [2.24, 2.45) is 4.36 Å². The van der Waals surface area contributed by atoms with Gasteiger partial charge in [-0.15, -0.1) is 0 Å². The summed E-state index contributed by atoms with van der Waals surface area (Å²) in [6.45, 7) is 0.506. The van der Waals surface area contributed by atoms with Gasteiger partial charge in [-0.1, -0.05) is 30.3 Å². The molecule has 4 aromatic rings. The smallest absolute Gasteiger partial charge is 0.193 e. The van der Waals surface area contributed by atoms with Crippen molar-refractivity contribution in [1.29, 1.82) is 0 Å². The van der Waals surface area contributed by atoms with Gasteiger partial charge in [-0.05, 0) is 24.3 Å². The fourth-order valence-corrected chi connectivity index (χ4v) is 5.88. The number of pyridine rings is 1. The molecule has 10 heteroatoms. The van der Waals surface area contributed by atoms with Crippen LogP contribution in [0.2, 0.25) is 0 Å². The molecule has 4 heterocycles. The molecule has 2 N–H and O–H groups in total. The summed E-state index contributed by atoms with van der Waals surface area (Å²) in [5.41, 5.74) is 2.32. The molecule has 0 amide bonds. The highest BCUT2D eigenvalue weighted by molar-refractivity contribution is 7.93. The highest BCUT2D eigenvalue weighted by Gasteiger charge is 2.48. The average Bonchev–Trinajstić information content (AvgIpc) is 3.56. The largest absolute Gasteiger partial charge is 0.470 e. The molecule has 0 spiro atoms. The minimum atomic E-state index is -2.61. The van der Waals surface area contributed by atoms with E-state index in [-0.39, 0.29) is 24.5 Å². The predicted molar refractivity (Wildman–Crippen MR) is 132 cm³/mol. The second kappa shape index (κ2) is 8.97. The van der Waals surface area contributed by atoms with Crippen molar-refractivity contribution >= 4 is 26.4 Å². The molecular formula is C26H24FN3O5S. The number of aliphatic hydroxyl groups is 1. The van der Waals surface area contributed by atoms with Gasteiger partial charge >= 0.3 is 0 Å².